The van der Waals surface area contributed by atoms with Gasteiger partial charge in [0.1, 0.15) is 5.76 Å². The zero-order valence-electron chi connectivity index (χ0n) is 11.6. The van der Waals surface area contributed by atoms with Gasteiger partial charge in [-0.1, -0.05) is 41.9 Å². The van der Waals surface area contributed by atoms with Gasteiger partial charge in [-0.05, 0) is 24.3 Å². The molecule has 20 heavy (non-hydrogen) atoms. The summed E-state index contributed by atoms with van der Waals surface area (Å²) in [5, 5.41) is 0. The number of rotatable bonds is 2. The van der Waals surface area contributed by atoms with Gasteiger partial charge in [0.25, 0.3) is 0 Å². The number of benzene rings is 1. The molecule has 0 bridgehead atoms. The Morgan fingerprint density at radius 1 is 1.00 bits per heavy atom. The molecule has 0 spiro atoms. The van der Waals surface area contributed by atoms with Crippen molar-refractivity contribution < 1.29 is 13.9 Å². The standard InChI is InChI=1S/C16H17BrO3/c1-16(2)9-18-15(19-10-16)14-8-7-13(20-14)11-3-5-12(17)6-4-11/h3-8,15H,9-10H2,1-2H3. The first-order valence-corrected chi connectivity index (χ1v) is 7.42. The van der Waals surface area contributed by atoms with Crippen LogP contribution in [0.3, 0.4) is 0 Å². The molecule has 0 atom stereocenters. The molecule has 0 unspecified atom stereocenters. The Hall–Kier alpha value is -1.10. The molecule has 3 rings (SSSR count). The second-order valence-corrected chi connectivity index (χ2v) is 6.74. The fraction of sp³-hybridized carbons (Fsp3) is 0.375. The Morgan fingerprint density at radius 3 is 2.30 bits per heavy atom. The van der Waals surface area contributed by atoms with Crippen LogP contribution in [-0.2, 0) is 9.47 Å². The summed E-state index contributed by atoms with van der Waals surface area (Å²) < 4.78 is 18.4. The number of hydrogen-bond donors (Lipinski definition) is 0. The predicted octanol–water partition coefficient (Wildman–Crippen LogP) is 4.78. The van der Waals surface area contributed by atoms with Gasteiger partial charge in [-0.2, -0.15) is 0 Å². The number of halogens is 1. The highest BCUT2D eigenvalue weighted by Gasteiger charge is 2.30. The molecule has 3 nitrogen and oxygen atoms in total. The molecule has 0 radical (unpaired) electrons. The van der Waals surface area contributed by atoms with Crippen LogP contribution in [0.5, 0.6) is 0 Å². The van der Waals surface area contributed by atoms with Gasteiger partial charge in [0, 0.05) is 15.5 Å². The molecule has 1 aliphatic rings. The topological polar surface area (TPSA) is 31.6 Å². The van der Waals surface area contributed by atoms with Crippen molar-refractivity contribution in [2.24, 2.45) is 5.41 Å². The molecular weight excluding hydrogens is 320 g/mol. The zero-order chi connectivity index (χ0) is 14.2. The van der Waals surface area contributed by atoms with Crippen molar-refractivity contribution in [2.45, 2.75) is 20.1 Å². The first-order valence-electron chi connectivity index (χ1n) is 6.62. The van der Waals surface area contributed by atoms with Crippen molar-refractivity contribution in [3.63, 3.8) is 0 Å². The minimum absolute atomic E-state index is 0.0671. The number of hydrogen-bond acceptors (Lipinski definition) is 3. The normalized spacial score (nSPS) is 19.1. The van der Waals surface area contributed by atoms with E-state index in [0.29, 0.717) is 13.2 Å². The van der Waals surface area contributed by atoms with E-state index >= 15 is 0 Å². The lowest BCUT2D eigenvalue weighted by Gasteiger charge is -2.33. The number of furan rings is 1. The van der Waals surface area contributed by atoms with Crippen LogP contribution in [0.4, 0.5) is 0 Å². The minimum Gasteiger partial charge on any atom is -0.456 e. The lowest BCUT2D eigenvalue weighted by Crippen LogP contribution is -2.33. The molecule has 2 heterocycles. The van der Waals surface area contributed by atoms with Crippen molar-refractivity contribution in [3.05, 3.63) is 46.6 Å². The van der Waals surface area contributed by atoms with E-state index in [1.165, 1.54) is 0 Å². The van der Waals surface area contributed by atoms with Crippen molar-refractivity contribution in [1.29, 1.82) is 0 Å². The van der Waals surface area contributed by atoms with E-state index in [2.05, 4.69) is 29.8 Å². The molecule has 2 aromatic rings. The molecular formula is C16H17BrO3. The van der Waals surface area contributed by atoms with Crippen LogP contribution in [0.1, 0.15) is 25.9 Å². The molecule has 1 aliphatic heterocycles. The average Bonchev–Trinajstić information content (AvgIpc) is 2.89. The molecule has 0 saturated carbocycles. The van der Waals surface area contributed by atoms with E-state index in [-0.39, 0.29) is 5.41 Å². The van der Waals surface area contributed by atoms with Crippen molar-refractivity contribution in [3.8, 4) is 11.3 Å². The van der Waals surface area contributed by atoms with Crippen LogP contribution in [0.15, 0.2) is 45.3 Å². The van der Waals surface area contributed by atoms with Crippen molar-refractivity contribution in [2.75, 3.05) is 13.2 Å². The average molecular weight is 337 g/mol. The van der Waals surface area contributed by atoms with Gasteiger partial charge in [-0.15, -0.1) is 0 Å². The lowest BCUT2D eigenvalue weighted by atomic mass is 9.95. The van der Waals surface area contributed by atoms with Gasteiger partial charge in [-0.25, -0.2) is 0 Å². The fourth-order valence-electron chi connectivity index (χ4n) is 2.11. The zero-order valence-corrected chi connectivity index (χ0v) is 13.1. The molecule has 106 valence electrons. The number of ether oxygens (including phenoxy) is 2. The van der Waals surface area contributed by atoms with Crippen LogP contribution in [0.25, 0.3) is 11.3 Å². The summed E-state index contributed by atoms with van der Waals surface area (Å²) >= 11 is 3.43. The van der Waals surface area contributed by atoms with Crippen LogP contribution < -0.4 is 0 Å². The minimum atomic E-state index is -0.396. The molecule has 0 N–H and O–H groups in total. The molecule has 1 aromatic carbocycles. The monoisotopic (exact) mass is 336 g/mol. The Balaban J connectivity index is 1.76. The highest BCUT2D eigenvalue weighted by atomic mass is 79.9. The lowest BCUT2D eigenvalue weighted by molar-refractivity contribution is -0.233. The van der Waals surface area contributed by atoms with E-state index in [0.717, 1.165) is 21.6 Å². The maximum atomic E-state index is 5.85. The van der Waals surface area contributed by atoms with Crippen molar-refractivity contribution in [1.82, 2.24) is 0 Å². The summed E-state index contributed by atoms with van der Waals surface area (Å²) in [6.07, 6.45) is -0.396. The highest BCUT2D eigenvalue weighted by molar-refractivity contribution is 9.10. The predicted molar refractivity (Wildman–Crippen MR) is 80.3 cm³/mol. The summed E-state index contributed by atoms with van der Waals surface area (Å²) in [5.41, 5.74) is 1.10. The van der Waals surface area contributed by atoms with E-state index in [1.807, 2.05) is 36.4 Å². The molecule has 0 amide bonds. The van der Waals surface area contributed by atoms with Crippen LogP contribution >= 0.6 is 15.9 Å². The van der Waals surface area contributed by atoms with Crippen LogP contribution in [0, 0.1) is 5.41 Å². The first kappa shape index (κ1) is 13.9. The molecule has 1 aromatic heterocycles. The first-order chi connectivity index (χ1) is 9.53. The summed E-state index contributed by atoms with van der Waals surface area (Å²) in [6, 6.07) is 11.9. The third-order valence-electron chi connectivity index (χ3n) is 3.24. The van der Waals surface area contributed by atoms with Crippen LogP contribution in [-0.4, -0.2) is 13.2 Å². The molecule has 1 fully saturated rings. The Kier molecular flexibility index (Phi) is 3.71. The largest absolute Gasteiger partial charge is 0.456 e. The maximum absolute atomic E-state index is 5.85. The smallest absolute Gasteiger partial charge is 0.217 e. The van der Waals surface area contributed by atoms with Gasteiger partial charge in [0.15, 0.2) is 5.76 Å². The van der Waals surface area contributed by atoms with Crippen molar-refractivity contribution >= 4 is 15.9 Å². The third-order valence-corrected chi connectivity index (χ3v) is 3.77. The molecule has 0 aliphatic carbocycles. The Labute approximate surface area is 127 Å². The Morgan fingerprint density at radius 2 is 1.65 bits per heavy atom. The second kappa shape index (κ2) is 5.35. The summed E-state index contributed by atoms with van der Waals surface area (Å²) in [4.78, 5) is 0. The maximum Gasteiger partial charge on any atom is 0.217 e. The van der Waals surface area contributed by atoms with Gasteiger partial charge >= 0.3 is 0 Å². The van der Waals surface area contributed by atoms with E-state index < -0.39 is 6.29 Å². The van der Waals surface area contributed by atoms with E-state index in [4.69, 9.17) is 13.9 Å². The fourth-order valence-corrected chi connectivity index (χ4v) is 2.37. The summed E-state index contributed by atoms with van der Waals surface area (Å²) in [7, 11) is 0. The van der Waals surface area contributed by atoms with Gasteiger partial charge in [0.2, 0.25) is 6.29 Å². The van der Waals surface area contributed by atoms with E-state index in [9.17, 15) is 0 Å². The second-order valence-electron chi connectivity index (χ2n) is 5.83. The Bertz CT molecular complexity index is 576. The van der Waals surface area contributed by atoms with Crippen LogP contribution in [0.2, 0.25) is 0 Å². The van der Waals surface area contributed by atoms with Gasteiger partial charge in [0.05, 0.1) is 13.2 Å². The molecule has 1 saturated heterocycles. The molecule has 4 heteroatoms. The van der Waals surface area contributed by atoms with E-state index in [1.54, 1.807) is 0 Å². The summed E-state index contributed by atoms with van der Waals surface area (Å²) in [6.45, 7) is 5.59. The SMILES string of the molecule is CC1(C)COC(c2ccc(-c3ccc(Br)cc3)o2)OC1. The highest BCUT2D eigenvalue weighted by Crippen LogP contribution is 2.33. The quantitative estimate of drug-likeness (QED) is 0.790. The third kappa shape index (κ3) is 2.97. The van der Waals surface area contributed by atoms with Gasteiger partial charge in [-0.3, -0.25) is 0 Å². The van der Waals surface area contributed by atoms with Gasteiger partial charge < -0.3 is 13.9 Å². The summed E-state index contributed by atoms with van der Waals surface area (Å²) in [5.74, 6) is 1.54.